The van der Waals surface area contributed by atoms with Crippen LogP contribution in [0.25, 0.3) is 0 Å². The SMILES string of the molecule is CCCC[C@@H](C)COCCC[Si](OC)(OC)OC. The molecule has 0 unspecified atom stereocenters. The van der Waals surface area contributed by atoms with Gasteiger partial charge in [-0.25, -0.2) is 0 Å². The van der Waals surface area contributed by atoms with Crippen molar-refractivity contribution in [3.63, 3.8) is 0 Å². The van der Waals surface area contributed by atoms with Crippen LogP contribution in [0.1, 0.15) is 39.5 Å². The third-order valence-corrected chi connectivity index (χ3v) is 5.99. The van der Waals surface area contributed by atoms with E-state index in [0.717, 1.165) is 25.7 Å². The molecular weight excluding hydrogens is 248 g/mol. The summed E-state index contributed by atoms with van der Waals surface area (Å²) in [5, 5.41) is 0. The molecule has 0 aliphatic carbocycles. The first-order valence-electron chi connectivity index (χ1n) is 6.87. The maximum atomic E-state index is 5.68. The van der Waals surface area contributed by atoms with Gasteiger partial charge in [-0.1, -0.05) is 26.7 Å². The maximum absolute atomic E-state index is 5.68. The normalized spacial score (nSPS) is 13.8. The van der Waals surface area contributed by atoms with Crippen LogP contribution in [0.4, 0.5) is 0 Å². The first-order valence-corrected chi connectivity index (χ1v) is 8.80. The van der Waals surface area contributed by atoms with Gasteiger partial charge in [0, 0.05) is 40.6 Å². The maximum Gasteiger partial charge on any atom is 0.500 e. The van der Waals surface area contributed by atoms with Crippen molar-refractivity contribution in [1.82, 2.24) is 0 Å². The third kappa shape index (κ3) is 7.48. The van der Waals surface area contributed by atoms with Crippen molar-refractivity contribution in [3.8, 4) is 0 Å². The quantitative estimate of drug-likeness (QED) is 0.406. The van der Waals surface area contributed by atoms with Gasteiger partial charge in [-0.05, 0) is 18.8 Å². The zero-order chi connectivity index (χ0) is 13.9. The van der Waals surface area contributed by atoms with Gasteiger partial charge in [0.2, 0.25) is 0 Å². The van der Waals surface area contributed by atoms with Gasteiger partial charge in [-0.3, -0.25) is 0 Å². The highest BCUT2D eigenvalue weighted by Crippen LogP contribution is 2.15. The zero-order valence-electron chi connectivity index (χ0n) is 12.7. The Bertz CT molecular complexity index is 178. The van der Waals surface area contributed by atoms with Crippen molar-refractivity contribution in [1.29, 1.82) is 0 Å². The molecule has 0 N–H and O–H groups in total. The lowest BCUT2D eigenvalue weighted by Gasteiger charge is -2.24. The van der Waals surface area contributed by atoms with Crippen LogP contribution in [-0.4, -0.2) is 43.3 Å². The lowest BCUT2D eigenvalue weighted by Crippen LogP contribution is -2.42. The van der Waals surface area contributed by atoms with Crippen LogP contribution in [-0.2, 0) is 18.0 Å². The summed E-state index contributed by atoms with van der Waals surface area (Å²) in [6.07, 6.45) is 4.72. The van der Waals surface area contributed by atoms with Gasteiger partial charge in [0.1, 0.15) is 0 Å². The molecule has 0 rings (SSSR count). The summed E-state index contributed by atoms with van der Waals surface area (Å²) < 4.78 is 21.7. The lowest BCUT2D eigenvalue weighted by molar-refractivity contribution is 0.0904. The van der Waals surface area contributed by atoms with Crippen LogP contribution in [0.15, 0.2) is 0 Å². The van der Waals surface area contributed by atoms with Crippen molar-refractivity contribution >= 4 is 8.80 Å². The fraction of sp³-hybridized carbons (Fsp3) is 1.00. The first kappa shape index (κ1) is 18.1. The van der Waals surface area contributed by atoms with E-state index in [2.05, 4.69) is 13.8 Å². The van der Waals surface area contributed by atoms with E-state index in [4.69, 9.17) is 18.0 Å². The van der Waals surface area contributed by atoms with E-state index in [1.54, 1.807) is 21.3 Å². The van der Waals surface area contributed by atoms with E-state index in [0.29, 0.717) is 5.92 Å². The van der Waals surface area contributed by atoms with Gasteiger partial charge in [0.15, 0.2) is 0 Å². The Kier molecular flexibility index (Phi) is 11.0. The standard InChI is InChI=1S/C13H30O4Si/c1-6-7-9-13(2)12-17-10-8-11-18(14-3,15-4)16-5/h13H,6-12H2,1-5H3/t13-/m1/s1. The van der Waals surface area contributed by atoms with Crippen LogP contribution < -0.4 is 0 Å². The van der Waals surface area contributed by atoms with Crippen molar-refractivity contribution in [2.75, 3.05) is 34.5 Å². The monoisotopic (exact) mass is 278 g/mol. The van der Waals surface area contributed by atoms with Crippen LogP contribution in [0.3, 0.4) is 0 Å². The van der Waals surface area contributed by atoms with Crippen molar-refractivity contribution < 1.29 is 18.0 Å². The average Bonchev–Trinajstić information content (AvgIpc) is 2.41. The van der Waals surface area contributed by atoms with E-state index in [1.807, 2.05) is 0 Å². The van der Waals surface area contributed by atoms with E-state index in [9.17, 15) is 0 Å². The summed E-state index contributed by atoms with van der Waals surface area (Å²) >= 11 is 0. The van der Waals surface area contributed by atoms with Gasteiger partial charge in [0.25, 0.3) is 0 Å². The van der Waals surface area contributed by atoms with E-state index in [-0.39, 0.29) is 0 Å². The molecular formula is C13H30O4Si. The Morgan fingerprint density at radius 1 is 1.00 bits per heavy atom. The Morgan fingerprint density at radius 3 is 2.11 bits per heavy atom. The van der Waals surface area contributed by atoms with E-state index < -0.39 is 8.80 Å². The second-order valence-corrected chi connectivity index (χ2v) is 7.81. The highest BCUT2D eigenvalue weighted by atomic mass is 28.4. The molecule has 0 aromatic heterocycles. The topological polar surface area (TPSA) is 36.9 Å². The van der Waals surface area contributed by atoms with Gasteiger partial charge in [-0.15, -0.1) is 0 Å². The van der Waals surface area contributed by atoms with E-state index >= 15 is 0 Å². The average molecular weight is 278 g/mol. The molecule has 110 valence electrons. The molecule has 0 aliphatic rings. The van der Waals surface area contributed by atoms with Gasteiger partial charge in [0.05, 0.1) is 0 Å². The number of ether oxygens (including phenoxy) is 1. The smallest absolute Gasteiger partial charge is 0.381 e. The van der Waals surface area contributed by atoms with Gasteiger partial charge >= 0.3 is 8.80 Å². The third-order valence-electron chi connectivity index (χ3n) is 3.16. The van der Waals surface area contributed by atoms with Crippen molar-refractivity contribution in [2.24, 2.45) is 5.92 Å². The minimum Gasteiger partial charge on any atom is -0.381 e. The lowest BCUT2D eigenvalue weighted by atomic mass is 10.1. The highest BCUT2D eigenvalue weighted by Gasteiger charge is 2.36. The zero-order valence-corrected chi connectivity index (χ0v) is 13.7. The molecule has 0 aromatic carbocycles. The first-order chi connectivity index (χ1) is 8.64. The molecule has 0 aromatic rings. The summed E-state index contributed by atoms with van der Waals surface area (Å²) in [6.45, 7) is 6.06. The Labute approximate surface area is 113 Å². The largest absolute Gasteiger partial charge is 0.500 e. The van der Waals surface area contributed by atoms with Crippen LogP contribution in [0.2, 0.25) is 6.04 Å². The molecule has 0 spiro atoms. The summed E-state index contributed by atoms with van der Waals surface area (Å²) in [7, 11) is 2.54. The van der Waals surface area contributed by atoms with Crippen LogP contribution in [0, 0.1) is 5.92 Å². The summed E-state index contributed by atoms with van der Waals surface area (Å²) in [6, 6.07) is 0.805. The molecule has 0 saturated heterocycles. The molecule has 1 atom stereocenters. The fourth-order valence-corrected chi connectivity index (χ4v) is 3.56. The number of unbranched alkanes of at least 4 members (excludes halogenated alkanes) is 1. The molecule has 0 amide bonds. The number of hydrogen-bond donors (Lipinski definition) is 0. The molecule has 0 radical (unpaired) electrons. The van der Waals surface area contributed by atoms with E-state index in [1.165, 1.54) is 19.3 Å². The summed E-state index contributed by atoms with van der Waals surface area (Å²) in [4.78, 5) is 0. The Morgan fingerprint density at radius 2 is 1.61 bits per heavy atom. The summed E-state index contributed by atoms with van der Waals surface area (Å²) in [5.74, 6) is 0.652. The van der Waals surface area contributed by atoms with Crippen molar-refractivity contribution in [3.05, 3.63) is 0 Å². The molecule has 0 heterocycles. The summed E-state index contributed by atoms with van der Waals surface area (Å²) in [5.41, 5.74) is 0. The molecule has 5 heteroatoms. The number of rotatable bonds is 12. The van der Waals surface area contributed by atoms with Crippen molar-refractivity contribution in [2.45, 2.75) is 45.6 Å². The number of hydrogen-bond acceptors (Lipinski definition) is 4. The Hall–Kier alpha value is 0.0569. The molecule has 0 aliphatic heterocycles. The second-order valence-electron chi connectivity index (χ2n) is 4.72. The minimum absolute atomic E-state index is 0.652. The van der Waals surface area contributed by atoms with Gasteiger partial charge in [-0.2, -0.15) is 0 Å². The predicted octanol–water partition coefficient (Wildman–Crippen LogP) is 3.10. The molecule has 0 fully saturated rings. The molecule has 4 nitrogen and oxygen atoms in total. The fourth-order valence-electron chi connectivity index (χ4n) is 1.87. The predicted molar refractivity (Wildman–Crippen MR) is 75.7 cm³/mol. The Balaban J connectivity index is 3.60. The molecule has 0 saturated carbocycles. The molecule has 0 bridgehead atoms. The highest BCUT2D eigenvalue weighted by molar-refractivity contribution is 6.60. The second kappa shape index (κ2) is 10.9. The van der Waals surface area contributed by atoms with Crippen LogP contribution in [0.5, 0.6) is 0 Å². The molecule has 18 heavy (non-hydrogen) atoms. The van der Waals surface area contributed by atoms with Crippen LogP contribution >= 0.6 is 0 Å². The minimum atomic E-state index is -2.40. The van der Waals surface area contributed by atoms with Gasteiger partial charge < -0.3 is 18.0 Å².